The molecule has 2 heterocycles. The van der Waals surface area contributed by atoms with E-state index in [4.69, 9.17) is 4.74 Å². The van der Waals surface area contributed by atoms with Crippen molar-refractivity contribution in [1.82, 2.24) is 9.78 Å². The molecule has 1 N–H and O–H groups in total. The van der Waals surface area contributed by atoms with E-state index >= 15 is 0 Å². The molecule has 1 aromatic carbocycles. The van der Waals surface area contributed by atoms with Gasteiger partial charge in [0.25, 0.3) is 5.91 Å². The van der Waals surface area contributed by atoms with E-state index in [9.17, 15) is 4.79 Å². The van der Waals surface area contributed by atoms with Gasteiger partial charge < -0.3 is 10.1 Å². The number of rotatable bonds is 7. The first-order valence-electron chi connectivity index (χ1n) is 9.09. The van der Waals surface area contributed by atoms with E-state index < -0.39 is 0 Å². The Balaban J connectivity index is 1.63. The Bertz CT molecular complexity index is 943. The molecule has 3 aromatic rings. The topological polar surface area (TPSA) is 56.2 Å². The Morgan fingerprint density at radius 2 is 2.00 bits per heavy atom. The monoisotopic (exact) mass is 383 g/mol. The first-order chi connectivity index (χ1) is 13.0. The van der Waals surface area contributed by atoms with Crippen LogP contribution in [0.3, 0.4) is 0 Å². The van der Waals surface area contributed by atoms with Gasteiger partial charge in [0.15, 0.2) is 0 Å². The molecule has 0 aliphatic carbocycles. The molecule has 0 radical (unpaired) electrons. The summed E-state index contributed by atoms with van der Waals surface area (Å²) in [6.45, 7) is 9.39. The zero-order chi connectivity index (χ0) is 19.4. The van der Waals surface area contributed by atoms with E-state index in [-0.39, 0.29) is 5.91 Å². The molecule has 5 nitrogen and oxygen atoms in total. The summed E-state index contributed by atoms with van der Waals surface area (Å²) >= 11 is 1.42. The van der Waals surface area contributed by atoms with Gasteiger partial charge in [-0.3, -0.25) is 4.79 Å². The van der Waals surface area contributed by atoms with Crippen LogP contribution in [0.2, 0.25) is 0 Å². The molecule has 0 aliphatic heterocycles. The van der Waals surface area contributed by atoms with Gasteiger partial charge in [-0.1, -0.05) is 13.0 Å². The maximum Gasteiger partial charge on any atom is 0.266 e. The number of nitrogens with one attached hydrogen (secondary N) is 1. The summed E-state index contributed by atoms with van der Waals surface area (Å²) < 4.78 is 7.69. The van der Waals surface area contributed by atoms with Crippen LogP contribution in [0, 0.1) is 20.8 Å². The maximum atomic E-state index is 12.6. The van der Waals surface area contributed by atoms with Crippen LogP contribution in [0.25, 0.3) is 0 Å². The third-order valence-corrected chi connectivity index (χ3v) is 5.32. The number of thiophene rings is 1. The molecule has 142 valence electrons. The zero-order valence-electron chi connectivity index (χ0n) is 16.2. The van der Waals surface area contributed by atoms with Crippen molar-refractivity contribution in [2.24, 2.45) is 0 Å². The van der Waals surface area contributed by atoms with Crippen molar-refractivity contribution in [2.75, 3.05) is 5.32 Å². The number of aryl methyl sites for hydroxylation is 4. The standard InChI is InChI=1S/C21H25N3O2S/c1-5-8-24-20(10-16(4)23-24)22-21(25)19-11-17(13-27-19)12-26-18-7-6-14(2)15(3)9-18/h6-7,9-11,13H,5,8,12H2,1-4H3,(H,22,25). The average molecular weight is 384 g/mol. The number of benzene rings is 1. The van der Waals surface area contributed by atoms with Gasteiger partial charge in [0.2, 0.25) is 0 Å². The van der Waals surface area contributed by atoms with E-state index in [0.717, 1.165) is 35.8 Å². The number of ether oxygens (including phenoxy) is 1. The highest BCUT2D eigenvalue weighted by atomic mass is 32.1. The summed E-state index contributed by atoms with van der Waals surface area (Å²) in [5.41, 5.74) is 4.33. The molecule has 0 aliphatic rings. The second-order valence-electron chi connectivity index (χ2n) is 6.70. The molecule has 2 aromatic heterocycles. The van der Waals surface area contributed by atoms with Crippen LogP contribution in [0.1, 0.15) is 45.4 Å². The molecule has 3 rings (SSSR count). The lowest BCUT2D eigenvalue weighted by atomic mass is 10.1. The Morgan fingerprint density at radius 3 is 2.74 bits per heavy atom. The fourth-order valence-corrected chi connectivity index (χ4v) is 3.54. The van der Waals surface area contributed by atoms with Crippen molar-refractivity contribution < 1.29 is 9.53 Å². The number of nitrogens with zero attached hydrogens (tertiary/aromatic N) is 2. The molecular weight excluding hydrogens is 358 g/mol. The quantitative estimate of drug-likeness (QED) is 0.617. The molecule has 0 spiro atoms. The van der Waals surface area contributed by atoms with E-state index in [1.807, 2.05) is 41.3 Å². The summed E-state index contributed by atoms with van der Waals surface area (Å²) in [5, 5.41) is 9.34. The van der Waals surface area contributed by atoms with Gasteiger partial charge in [-0.15, -0.1) is 11.3 Å². The summed E-state index contributed by atoms with van der Waals surface area (Å²) in [5.74, 6) is 1.46. The molecule has 0 unspecified atom stereocenters. The number of aromatic nitrogens is 2. The first-order valence-corrected chi connectivity index (χ1v) is 9.97. The minimum absolute atomic E-state index is 0.116. The predicted octanol–water partition coefficient (Wildman–Crippen LogP) is 5.11. The third kappa shape index (κ3) is 4.77. The molecule has 0 bridgehead atoms. The molecule has 0 saturated heterocycles. The highest BCUT2D eigenvalue weighted by molar-refractivity contribution is 7.12. The van der Waals surface area contributed by atoms with E-state index in [0.29, 0.717) is 11.5 Å². The molecule has 0 fully saturated rings. The predicted molar refractivity (Wildman–Crippen MR) is 110 cm³/mol. The van der Waals surface area contributed by atoms with Crippen LogP contribution in [0.5, 0.6) is 5.75 Å². The first kappa shape index (κ1) is 19.2. The minimum Gasteiger partial charge on any atom is -0.489 e. The van der Waals surface area contributed by atoms with Crippen LogP contribution in [0.4, 0.5) is 5.82 Å². The number of hydrogen-bond donors (Lipinski definition) is 1. The van der Waals surface area contributed by atoms with Gasteiger partial charge in [0.05, 0.1) is 10.6 Å². The van der Waals surface area contributed by atoms with Gasteiger partial charge >= 0.3 is 0 Å². The van der Waals surface area contributed by atoms with Crippen molar-refractivity contribution in [2.45, 2.75) is 47.3 Å². The lowest BCUT2D eigenvalue weighted by Crippen LogP contribution is -2.14. The second-order valence-corrected chi connectivity index (χ2v) is 7.61. The van der Waals surface area contributed by atoms with Crippen LogP contribution in [-0.2, 0) is 13.2 Å². The zero-order valence-corrected chi connectivity index (χ0v) is 17.0. The van der Waals surface area contributed by atoms with Crippen LogP contribution in [-0.4, -0.2) is 15.7 Å². The largest absolute Gasteiger partial charge is 0.489 e. The summed E-state index contributed by atoms with van der Waals surface area (Å²) in [4.78, 5) is 13.2. The van der Waals surface area contributed by atoms with Gasteiger partial charge in [0.1, 0.15) is 18.2 Å². The Morgan fingerprint density at radius 1 is 1.19 bits per heavy atom. The smallest absolute Gasteiger partial charge is 0.266 e. The van der Waals surface area contributed by atoms with Crippen LogP contribution >= 0.6 is 11.3 Å². The summed E-state index contributed by atoms with van der Waals surface area (Å²) in [6.07, 6.45) is 0.961. The molecule has 0 atom stereocenters. The van der Waals surface area contributed by atoms with Gasteiger partial charge in [-0.05, 0) is 61.9 Å². The summed E-state index contributed by atoms with van der Waals surface area (Å²) in [7, 11) is 0. The van der Waals surface area contributed by atoms with Crippen molar-refractivity contribution in [3.8, 4) is 5.75 Å². The number of anilines is 1. The second kappa shape index (κ2) is 8.39. The Kier molecular flexibility index (Phi) is 5.96. The molecule has 27 heavy (non-hydrogen) atoms. The van der Waals surface area contributed by atoms with Crippen molar-refractivity contribution >= 4 is 23.1 Å². The van der Waals surface area contributed by atoms with Crippen molar-refractivity contribution in [3.63, 3.8) is 0 Å². The Hall–Kier alpha value is -2.60. The maximum absolute atomic E-state index is 12.6. The summed E-state index contributed by atoms with van der Waals surface area (Å²) in [6, 6.07) is 9.84. The third-order valence-electron chi connectivity index (χ3n) is 4.34. The van der Waals surface area contributed by atoms with Crippen molar-refractivity contribution in [3.05, 3.63) is 63.0 Å². The number of carbonyl (C=O) groups excluding carboxylic acids is 1. The molecule has 0 saturated carbocycles. The average Bonchev–Trinajstić information content (AvgIpc) is 3.23. The molecule has 1 amide bonds. The minimum atomic E-state index is -0.116. The fraction of sp³-hybridized carbons (Fsp3) is 0.333. The fourth-order valence-electron chi connectivity index (χ4n) is 2.75. The van der Waals surface area contributed by atoms with E-state index in [1.54, 1.807) is 0 Å². The van der Waals surface area contributed by atoms with E-state index in [1.165, 1.54) is 22.5 Å². The Labute approximate surface area is 164 Å². The SMILES string of the molecule is CCCn1nc(C)cc1NC(=O)c1cc(COc2ccc(C)c(C)c2)cs1. The lowest BCUT2D eigenvalue weighted by molar-refractivity contribution is 0.102. The van der Waals surface area contributed by atoms with E-state index in [2.05, 4.69) is 37.3 Å². The number of hydrogen-bond acceptors (Lipinski definition) is 4. The normalized spacial score (nSPS) is 10.8. The van der Waals surface area contributed by atoms with Gasteiger partial charge in [-0.2, -0.15) is 5.10 Å². The van der Waals surface area contributed by atoms with Crippen LogP contribution < -0.4 is 10.1 Å². The van der Waals surface area contributed by atoms with Gasteiger partial charge in [-0.25, -0.2) is 4.68 Å². The highest BCUT2D eigenvalue weighted by Crippen LogP contribution is 2.21. The van der Waals surface area contributed by atoms with Crippen LogP contribution in [0.15, 0.2) is 35.7 Å². The molecule has 6 heteroatoms. The lowest BCUT2D eigenvalue weighted by Gasteiger charge is -2.07. The van der Waals surface area contributed by atoms with Gasteiger partial charge in [0, 0.05) is 18.2 Å². The number of carbonyl (C=O) groups is 1. The highest BCUT2D eigenvalue weighted by Gasteiger charge is 2.13. The van der Waals surface area contributed by atoms with Crippen molar-refractivity contribution in [1.29, 1.82) is 0 Å². The molecular formula is C21H25N3O2S. The number of amides is 1.